The van der Waals surface area contributed by atoms with Crippen LogP contribution in [0.25, 0.3) is 27.6 Å². The zero-order valence-electron chi connectivity index (χ0n) is 14.8. The van der Waals surface area contributed by atoms with Crippen molar-refractivity contribution in [3.63, 3.8) is 0 Å². The first-order chi connectivity index (χ1) is 11.1. The van der Waals surface area contributed by atoms with Crippen LogP contribution in [0.3, 0.4) is 0 Å². The molecule has 0 spiro atoms. The van der Waals surface area contributed by atoms with Gasteiger partial charge in [-0.1, -0.05) is 29.5 Å². The molecule has 25 heavy (non-hydrogen) atoms. The van der Waals surface area contributed by atoms with Crippen LogP contribution in [0, 0.1) is 19.9 Å². The molecule has 0 aliphatic carbocycles. The Balaban J connectivity index is 0.00000113. The van der Waals surface area contributed by atoms with Crippen molar-refractivity contribution in [3.05, 3.63) is 65.9 Å². The maximum Gasteiger partial charge on any atom is 1.00 e. The molecule has 1 radical (unpaired) electrons. The fourth-order valence-corrected chi connectivity index (χ4v) is 3.38. The third kappa shape index (κ3) is 2.44. The van der Waals surface area contributed by atoms with Crippen LogP contribution in [-0.2, 0) is 7.05 Å². The van der Waals surface area contributed by atoms with E-state index in [1.807, 2.05) is 62.0 Å². The summed E-state index contributed by atoms with van der Waals surface area (Å²) in [5.74, 6) is 1.11. The molecule has 0 bridgehead atoms. The molecule has 5 heteroatoms. The van der Waals surface area contributed by atoms with Gasteiger partial charge in [-0.3, -0.25) is 0 Å². The molecule has 0 N–H and O–H groups in total. The van der Waals surface area contributed by atoms with Crippen molar-refractivity contribution >= 4 is 21.8 Å². The van der Waals surface area contributed by atoms with Crippen molar-refractivity contribution in [2.75, 3.05) is 0 Å². The van der Waals surface area contributed by atoms with Crippen LogP contribution >= 0.6 is 0 Å². The van der Waals surface area contributed by atoms with E-state index in [9.17, 15) is 5.11 Å². The predicted molar refractivity (Wildman–Crippen MR) is 89.7 cm³/mol. The summed E-state index contributed by atoms with van der Waals surface area (Å²) < 4.78 is 4.21. The maximum atomic E-state index is 12.5. The summed E-state index contributed by atoms with van der Waals surface area (Å²) in [4.78, 5) is 0. The van der Waals surface area contributed by atoms with E-state index < -0.39 is 0 Å². The van der Waals surface area contributed by atoms with Crippen LogP contribution in [0.2, 0.25) is 0 Å². The van der Waals surface area contributed by atoms with Gasteiger partial charge in [-0.05, 0) is 43.8 Å². The number of nitrogens with zero attached hydrogens (tertiary/aromatic N) is 2. The number of rotatable bonds is 1. The summed E-state index contributed by atoms with van der Waals surface area (Å²) in [5.41, 5.74) is 3.67. The first-order valence-electron chi connectivity index (χ1n) is 7.66. The Kier molecular flexibility index (Phi) is 4.61. The van der Waals surface area contributed by atoms with Gasteiger partial charge in [0.2, 0.25) is 0 Å². The summed E-state index contributed by atoms with van der Waals surface area (Å²) in [6.45, 7) is 3.80. The third-order valence-corrected chi connectivity index (χ3v) is 4.53. The van der Waals surface area contributed by atoms with Gasteiger partial charge in [-0.15, -0.1) is 6.07 Å². The van der Waals surface area contributed by atoms with E-state index in [-0.39, 0.29) is 24.6 Å². The minimum absolute atomic E-state index is 0. The molecule has 0 unspecified atom stereocenters. The number of hydrogen-bond donors (Lipinski definition) is 0. The molecule has 3 nitrogen and oxygen atoms in total. The minimum Gasteiger partial charge on any atom is -0.872 e. The molecule has 0 fully saturated rings. The summed E-state index contributed by atoms with van der Waals surface area (Å²) in [6.07, 6.45) is 1.97. The van der Waals surface area contributed by atoms with E-state index in [1.165, 1.54) is 0 Å². The zero-order chi connectivity index (χ0) is 16.1. The number of benzene rings is 2. The molecule has 0 saturated heterocycles. The Morgan fingerprint density at radius 2 is 1.84 bits per heavy atom. The normalized spacial score (nSPS) is 10.5. The molecule has 0 aliphatic rings. The molecule has 2 aromatic heterocycles. The van der Waals surface area contributed by atoms with Crippen molar-refractivity contribution < 1.29 is 28.5 Å². The SMILES string of the molecule is Cc1cc2c3ccccc3n(-c3c[c-]cc[n+]3C)c2c(C)c1[O-].[Bk].[Li+]. The molecule has 0 aliphatic heterocycles. The third-order valence-electron chi connectivity index (χ3n) is 4.53. The van der Waals surface area contributed by atoms with E-state index >= 15 is 0 Å². The van der Waals surface area contributed by atoms with E-state index in [0.717, 1.165) is 38.8 Å². The van der Waals surface area contributed by atoms with Crippen molar-refractivity contribution in [1.29, 1.82) is 0 Å². The van der Waals surface area contributed by atoms with E-state index in [4.69, 9.17) is 0 Å². The smallest absolute Gasteiger partial charge is 0.872 e. The molecular formula is C20H17BkLiN2O. The van der Waals surface area contributed by atoms with Crippen LogP contribution < -0.4 is 28.5 Å². The Labute approximate surface area is 153 Å². The largest absolute Gasteiger partial charge is 1.00 e. The molecule has 4 aromatic rings. The van der Waals surface area contributed by atoms with Crippen LogP contribution in [0.15, 0.2) is 48.7 Å². The second-order valence-corrected chi connectivity index (χ2v) is 5.99. The van der Waals surface area contributed by atoms with Crippen molar-refractivity contribution in [1.82, 2.24) is 4.57 Å². The van der Waals surface area contributed by atoms with Gasteiger partial charge in [0.25, 0.3) is 0 Å². The van der Waals surface area contributed by atoms with E-state index in [1.54, 1.807) is 0 Å². The van der Waals surface area contributed by atoms with Gasteiger partial charge in [-0.25, -0.2) is 4.57 Å². The van der Waals surface area contributed by atoms with Crippen LogP contribution in [0.5, 0.6) is 5.75 Å². The number of hydrogen-bond acceptors (Lipinski definition) is 1. The van der Waals surface area contributed by atoms with Gasteiger partial charge < -0.3 is 9.67 Å². The number of fused-ring (bicyclic) bond motifs is 3. The second kappa shape index (κ2) is 6.36. The first-order valence-corrected chi connectivity index (χ1v) is 7.66. The summed E-state index contributed by atoms with van der Waals surface area (Å²) in [7, 11) is 2.01. The number of para-hydroxylation sites is 1. The zero-order valence-corrected chi connectivity index (χ0v) is 17.5. The van der Waals surface area contributed by atoms with Gasteiger partial charge in [-0.2, -0.15) is 6.07 Å². The Morgan fingerprint density at radius 3 is 2.56 bits per heavy atom. The van der Waals surface area contributed by atoms with E-state index in [2.05, 4.69) is 22.8 Å². The average Bonchev–Trinajstić information content (AvgIpc) is 2.88. The maximum absolute atomic E-state index is 12.5. The standard InChI is InChI=1S/C20H18N2O.Bk.Li/c1-13-12-16-15-8-4-5-9-17(15)22(19(16)14(2)20(13)23)18-10-6-7-11-21(18)3;;/h4-5,7-12,23H,1-3H3;;/q;;+1/p-1. The second-order valence-electron chi connectivity index (χ2n) is 5.99. The molecule has 0 atom stereocenters. The van der Waals surface area contributed by atoms with Crippen molar-refractivity contribution in [3.8, 4) is 11.6 Å². The Hall–Kier alpha value is -3.21. The Bertz CT molecular complexity index is 1070. The fourth-order valence-electron chi connectivity index (χ4n) is 3.38. The Morgan fingerprint density at radius 1 is 1.12 bits per heavy atom. The molecular weight excluding hydrogens is 538 g/mol. The molecule has 2 heterocycles. The first kappa shape index (κ1) is 18.1. The van der Waals surface area contributed by atoms with Gasteiger partial charge in [0.1, 0.15) is 11.0 Å². The molecule has 0 amide bonds. The number of aromatic nitrogens is 2. The summed E-state index contributed by atoms with van der Waals surface area (Å²) in [6, 6.07) is 17.3. The molecule has 123 valence electrons. The fraction of sp³-hybridized carbons (Fsp3) is 0.150. The van der Waals surface area contributed by atoms with Gasteiger partial charge in [0.15, 0.2) is 5.82 Å². The van der Waals surface area contributed by atoms with Gasteiger partial charge in [0, 0.05) is 10.8 Å². The van der Waals surface area contributed by atoms with Gasteiger partial charge >= 0.3 is 18.9 Å². The van der Waals surface area contributed by atoms with Gasteiger partial charge in [0.05, 0.1) is 7.05 Å². The van der Waals surface area contributed by atoms with Crippen LogP contribution in [0.4, 0.5) is 0 Å². The van der Waals surface area contributed by atoms with Crippen LogP contribution in [0.1, 0.15) is 11.1 Å². The topological polar surface area (TPSA) is 31.9 Å². The quantitative estimate of drug-likeness (QED) is 0.187. The summed E-state index contributed by atoms with van der Waals surface area (Å²) >= 11 is 0. The molecule has 2 aromatic carbocycles. The average molecular weight is 555 g/mol. The van der Waals surface area contributed by atoms with E-state index in [0.29, 0.717) is 0 Å². The summed E-state index contributed by atoms with van der Waals surface area (Å²) in [5, 5.41) is 14.8. The van der Waals surface area contributed by atoms with Crippen LogP contribution in [-0.4, -0.2) is 4.57 Å². The van der Waals surface area contributed by atoms with Crippen molar-refractivity contribution in [2.24, 2.45) is 7.05 Å². The molecule has 4 rings (SSSR count). The number of aryl methyl sites for hydroxylation is 3. The predicted octanol–water partition coefficient (Wildman–Crippen LogP) is 0.103. The monoisotopic (exact) mass is 555 g/mol. The number of pyridine rings is 1. The van der Waals surface area contributed by atoms with Crippen molar-refractivity contribution in [2.45, 2.75) is 13.8 Å². The minimum atomic E-state index is 0. The molecule has 0 saturated carbocycles.